The van der Waals surface area contributed by atoms with Gasteiger partial charge >= 0.3 is 0 Å². The third kappa shape index (κ3) is 2.89. The molecule has 3 atom stereocenters. The van der Waals surface area contributed by atoms with Gasteiger partial charge in [-0.25, -0.2) is 4.98 Å². The lowest BCUT2D eigenvalue weighted by Gasteiger charge is -2.34. The Morgan fingerprint density at radius 2 is 2.21 bits per heavy atom. The fourth-order valence-electron chi connectivity index (χ4n) is 3.78. The molecule has 128 valence electrons. The van der Waals surface area contributed by atoms with Crippen LogP contribution in [0.1, 0.15) is 42.7 Å². The Hall–Kier alpha value is -1.99. The average Bonchev–Trinajstić information content (AvgIpc) is 3.21. The average molecular weight is 330 g/mol. The predicted molar refractivity (Wildman–Crippen MR) is 85.5 cm³/mol. The van der Waals surface area contributed by atoms with E-state index in [1.807, 2.05) is 6.07 Å². The molecule has 0 aliphatic carbocycles. The van der Waals surface area contributed by atoms with E-state index in [2.05, 4.69) is 26.1 Å². The van der Waals surface area contributed by atoms with Gasteiger partial charge in [-0.15, -0.1) is 10.2 Å². The Kier molecular flexibility index (Phi) is 4.20. The van der Waals surface area contributed by atoms with Gasteiger partial charge in [0.05, 0.1) is 13.2 Å². The number of ether oxygens (including phenoxy) is 2. The number of hydrogen-bond acceptors (Lipinski definition) is 7. The van der Waals surface area contributed by atoms with Gasteiger partial charge in [-0.05, 0) is 25.3 Å². The first-order valence-corrected chi connectivity index (χ1v) is 8.42. The largest absolute Gasteiger partial charge is 0.481 e. The van der Waals surface area contributed by atoms with Crippen LogP contribution in [0.2, 0.25) is 0 Å². The zero-order valence-corrected chi connectivity index (χ0v) is 14.0. The van der Waals surface area contributed by atoms with E-state index >= 15 is 0 Å². The van der Waals surface area contributed by atoms with Crippen molar-refractivity contribution in [1.29, 1.82) is 0 Å². The van der Waals surface area contributed by atoms with Gasteiger partial charge in [0.2, 0.25) is 17.7 Å². The minimum Gasteiger partial charge on any atom is -0.481 e. The number of fused-ring (bicyclic) bond motifs is 1. The van der Waals surface area contributed by atoms with Gasteiger partial charge in [0, 0.05) is 37.8 Å². The van der Waals surface area contributed by atoms with E-state index in [-0.39, 0.29) is 12.2 Å². The molecule has 2 saturated heterocycles. The first-order valence-electron chi connectivity index (χ1n) is 8.42. The summed E-state index contributed by atoms with van der Waals surface area (Å²) in [5.41, 5.74) is 1.12. The van der Waals surface area contributed by atoms with Gasteiger partial charge in [-0.3, -0.25) is 4.90 Å². The molecule has 0 spiro atoms. The van der Waals surface area contributed by atoms with E-state index in [9.17, 15) is 0 Å². The number of likely N-dealkylation sites (tertiary alicyclic amines) is 1. The van der Waals surface area contributed by atoms with Gasteiger partial charge in [-0.1, -0.05) is 6.07 Å². The Bertz CT molecular complexity index is 705. The summed E-state index contributed by atoms with van der Waals surface area (Å²) in [6, 6.07) is 4.46. The lowest BCUT2D eigenvalue weighted by Crippen LogP contribution is -2.40. The first kappa shape index (κ1) is 15.5. The van der Waals surface area contributed by atoms with Crippen LogP contribution >= 0.6 is 0 Å². The summed E-state index contributed by atoms with van der Waals surface area (Å²) in [7, 11) is 1.67. The van der Waals surface area contributed by atoms with Crippen molar-refractivity contribution in [3.63, 3.8) is 0 Å². The molecule has 0 saturated carbocycles. The summed E-state index contributed by atoms with van der Waals surface area (Å²) < 4.78 is 17.2. The van der Waals surface area contributed by atoms with Crippen molar-refractivity contribution in [2.75, 3.05) is 13.7 Å². The zero-order valence-electron chi connectivity index (χ0n) is 14.0. The van der Waals surface area contributed by atoms with Crippen molar-refractivity contribution in [2.24, 2.45) is 0 Å². The zero-order chi connectivity index (χ0) is 16.5. The highest BCUT2D eigenvalue weighted by atomic mass is 16.5. The number of pyridine rings is 1. The lowest BCUT2D eigenvalue weighted by atomic mass is 9.99. The van der Waals surface area contributed by atoms with Crippen LogP contribution in [0.15, 0.2) is 22.7 Å². The van der Waals surface area contributed by atoms with Crippen molar-refractivity contribution in [3.8, 4) is 5.88 Å². The van der Waals surface area contributed by atoms with Gasteiger partial charge in [0.15, 0.2) is 0 Å². The first-order chi connectivity index (χ1) is 11.7. The van der Waals surface area contributed by atoms with Gasteiger partial charge in [0.25, 0.3) is 0 Å². The summed E-state index contributed by atoms with van der Waals surface area (Å²) in [5, 5.41) is 8.02. The number of nitrogens with zero attached hydrogens (tertiary/aromatic N) is 4. The highest BCUT2D eigenvalue weighted by Crippen LogP contribution is 2.38. The molecule has 7 nitrogen and oxygen atoms in total. The summed E-state index contributed by atoms with van der Waals surface area (Å²) in [6.45, 7) is 3.66. The molecule has 24 heavy (non-hydrogen) atoms. The molecule has 0 amide bonds. The van der Waals surface area contributed by atoms with Gasteiger partial charge in [0.1, 0.15) is 6.10 Å². The Labute approximate surface area is 141 Å². The fraction of sp³-hybridized carbons (Fsp3) is 0.588. The summed E-state index contributed by atoms with van der Waals surface area (Å²) in [6.07, 6.45) is 4.91. The van der Waals surface area contributed by atoms with Crippen LogP contribution in [-0.4, -0.2) is 45.9 Å². The summed E-state index contributed by atoms with van der Waals surface area (Å²) in [4.78, 5) is 6.76. The Morgan fingerprint density at radius 3 is 3.00 bits per heavy atom. The second-order valence-corrected chi connectivity index (χ2v) is 6.40. The highest BCUT2D eigenvalue weighted by molar-refractivity contribution is 5.25. The molecule has 0 unspecified atom stereocenters. The third-order valence-electron chi connectivity index (χ3n) is 4.90. The molecule has 4 heterocycles. The third-order valence-corrected chi connectivity index (χ3v) is 4.90. The monoisotopic (exact) mass is 330 g/mol. The Balaban J connectivity index is 1.43. The van der Waals surface area contributed by atoms with E-state index in [0.717, 1.165) is 37.9 Å². The molecule has 2 fully saturated rings. The molecule has 0 aromatic carbocycles. The lowest BCUT2D eigenvalue weighted by molar-refractivity contribution is -0.0818. The maximum absolute atomic E-state index is 6.25. The van der Waals surface area contributed by atoms with Crippen molar-refractivity contribution in [3.05, 3.63) is 35.7 Å². The van der Waals surface area contributed by atoms with Crippen LogP contribution in [0.3, 0.4) is 0 Å². The number of aromatic nitrogens is 3. The SMILES string of the molecule is COc1ncccc1CN1CC[C@H]2O[C@H](c3nnc(C)o3)CC[C@H]21. The van der Waals surface area contributed by atoms with E-state index in [0.29, 0.717) is 23.7 Å². The van der Waals surface area contributed by atoms with Crippen molar-refractivity contribution < 1.29 is 13.9 Å². The number of rotatable bonds is 4. The summed E-state index contributed by atoms with van der Waals surface area (Å²) >= 11 is 0. The van der Waals surface area contributed by atoms with Crippen LogP contribution in [0, 0.1) is 6.92 Å². The molecule has 0 radical (unpaired) electrons. The van der Waals surface area contributed by atoms with Crippen LogP contribution in [0.4, 0.5) is 0 Å². The van der Waals surface area contributed by atoms with Gasteiger partial charge in [-0.2, -0.15) is 0 Å². The molecule has 2 aliphatic heterocycles. The molecule has 0 N–H and O–H groups in total. The number of methoxy groups -OCH3 is 1. The standard InChI is InChI=1S/C17H22N4O3/c1-11-19-20-17(23-11)15-6-5-13-14(24-15)7-9-21(13)10-12-4-3-8-18-16(12)22-2/h3-4,8,13-15H,5-7,9-10H2,1-2H3/t13-,14-,15+/m1/s1. The van der Waals surface area contributed by atoms with E-state index in [1.165, 1.54) is 0 Å². The van der Waals surface area contributed by atoms with Crippen LogP contribution in [0.25, 0.3) is 0 Å². The molecule has 7 heteroatoms. The molecule has 4 rings (SSSR count). The van der Waals surface area contributed by atoms with Gasteiger partial charge < -0.3 is 13.9 Å². The molecular weight excluding hydrogens is 308 g/mol. The maximum atomic E-state index is 6.25. The van der Waals surface area contributed by atoms with Crippen LogP contribution < -0.4 is 4.74 Å². The normalized spacial score (nSPS) is 27.2. The molecule has 2 aromatic rings. The van der Waals surface area contributed by atoms with E-state index < -0.39 is 0 Å². The quantitative estimate of drug-likeness (QED) is 0.851. The maximum Gasteiger partial charge on any atom is 0.245 e. The Morgan fingerprint density at radius 1 is 1.29 bits per heavy atom. The minimum atomic E-state index is -0.0691. The highest BCUT2D eigenvalue weighted by Gasteiger charge is 2.41. The van der Waals surface area contributed by atoms with Crippen molar-refractivity contribution >= 4 is 0 Å². The second kappa shape index (κ2) is 6.49. The van der Waals surface area contributed by atoms with E-state index in [1.54, 1.807) is 20.2 Å². The van der Waals surface area contributed by atoms with Crippen LogP contribution in [-0.2, 0) is 11.3 Å². The van der Waals surface area contributed by atoms with E-state index in [4.69, 9.17) is 13.9 Å². The predicted octanol–water partition coefficient (Wildman–Crippen LogP) is 2.28. The van der Waals surface area contributed by atoms with Crippen molar-refractivity contribution in [2.45, 2.75) is 51.0 Å². The smallest absolute Gasteiger partial charge is 0.245 e. The van der Waals surface area contributed by atoms with Crippen molar-refractivity contribution in [1.82, 2.24) is 20.1 Å². The van der Waals surface area contributed by atoms with Crippen LogP contribution in [0.5, 0.6) is 5.88 Å². The number of hydrogen-bond donors (Lipinski definition) is 0. The fourth-order valence-corrected chi connectivity index (χ4v) is 3.78. The molecule has 0 bridgehead atoms. The minimum absolute atomic E-state index is 0.0691. The molecule has 2 aromatic heterocycles. The summed E-state index contributed by atoms with van der Waals surface area (Å²) in [5.74, 6) is 1.91. The second-order valence-electron chi connectivity index (χ2n) is 6.40. The molecular formula is C17H22N4O3. The molecule has 2 aliphatic rings. The topological polar surface area (TPSA) is 73.5 Å². The number of aryl methyl sites for hydroxylation is 1.